The summed E-state index contributed by atoms with van der Waals surface area (Å²) in [6.45, 7) is 2.35. The van der Waals surface area contributed by atoms with E-state index in [4.69, 9.17) is 28.6 Å². The molecule has 1 aliphatic heterocycles. The molecule has 1 fully saturated rings. The Kier molecular flexibility index (Phi) is 6.43. The highest BCUT2D eigenvalue weighted by molar-refractivity contribution is 7.80. The van der Waals surface area contributed by atoms with Gasteiger partial charge in [-0.3, -0.25) is 10.1 Å². The molecule has 4 rings (SSSR count). The lowest BCUT2D eigenvalue weighted by atomic mass is 10.1. The molecule has 0 radical (unpaired) electrons. The van der Waals surface area contributed by atoms with Crippen molar-refractivity contribution in [3.63, 3.8) is 0 Å². The van der Waals surface area contributed by atoms with Crippen LogP contribution in [0.15, 0.2) is 36.4 Å². The summed E-state index contributed by atoms with van der Waals surface area (Å²) < 4.78 is 21.6. The Morgan fingerprint density at radius 1 is 1.24 bits per heavy atom. The number of nitro benzene ring substituents is 1. The number of piperazine rings is 1. The predicted molar refractivity (Wildman–Crippen MR) is 127 cm³/mol. The maximum atomic E-state index is 14.7. The second-order valence-corrected chi connectivity index (χ2v) is 8.19. The smallest absolute Gasteiger partial charge is 0.271 e. The molecule has 0 amide bonds. The summed E-state index contributed by atoms with van der Waals surface area (Å²) in [7, 11) is 3.17. The second kappa shape index (κ2) is 9.28. The summed E-state index contributed by atoms with van der Waals surface area (Å²) in [5.41, 5.74) is 1.73. The number of aryl methyl sites for hydroxylation is 1. The molecule has 0 aliphatic carbocycles. The molecular weight excluding hydrogens is 471 g/mol. The predicted octanol–water partition coefficient (Wildman–Crippen LogP) is 3.69. The number of anilines is 1. The molecule has 2 aromatic carbocycles. The molecule has 0 atom stereocenters. The third kappa shape index (κ3) is 4.33. The zero-order valence-electron chi connectivity index (χ0n) is 17.9. The number of nitrogens with zero attached hydrogens (tertiary/aromatic N) is 6. The lowest BCUT2D eigenvalue weighted by Gasteiger charge is -2.37. The molecule has 0 bridgehead atoms. The molecule has 1 saturated heterocycles. The zero-order chi connectivity index (χ0) is 23.7. The number of halogens is 2. The molecule has 33 heavy (non-hydrogen) atoms. The van der Waals surface area contributed by atoms with Crippen LogP contribution in [-0.4, -0.2) is 63.1 Å². The van der Waals surface area contributed by atoms with Crippen LogP contribution in [0, 0.1) is 15.9 Å². The molecule has 12 heteroatoms. The van der Waals surface area contributed by atoms with Crippen molar-refractivity contribution in [3.8, 4) is 17.0 Å². The van der Waals surface area contributed by atoms with E-state index in [-0.39, 0.29) is 11.3 Å². The second-order valence-electron chi connectivity index (χ2n) is 7.40. The van der Waals surface area contributed by atoms with Crippen molar-refractivity contribution < 1.29 is 14.1 Å². The van der Waals surface area contributed by atoms with E-state index in [1.807, 2.05) is 9.80 Å². The van der Waals surface area contributed by atoms with E-state index >= 15 is 0 Å². The summed E-state index contributed by atoms with van der Waals surface area (Å²) in [5.74, 6) is -0.131. The molecular formula is C21H20ClFN6O3S. The first kappa shape index (κ1) is 22.9. The average Bonchev–Trinajstić information content (AvgIpc) is 3.19. The highest BCUT2D eigenvalue weighted by Crippen LogP contribution is 2.34. The Balaban J connectivity index is 1.55. The molecule has 1 aromatic heterocycles. The Hall–Kier alpha value is -3.31. The van der Waals surface area contributed by atoms with Gasteiger partial charge >= 0.3 is 0 Å². The zero-order valence-corrected chi connectivity index (χ0v) is 19.4. The van der Waals surface area contributed by atoms with Crippen molar-refractivity contribution in [2.75, 3.05) is 38.2 Å². The first-order valence-electron chi connectivity index (χ1n) is 10.0. The van der Waals surface area contributed by atoms with E-state index in [0.717, 1.165) is 5.69 Å². The summed E-state index contributed by atoms with van der Waals surface area (Å²) in [5, 5.41) is 19.5. The number of non-ortho nitro benzene ring substituents is 1. The standard InChI is InChI=1S/C21H20ClFN6O3S/c1-26-20(19(24-25-26)18-15(23)4-3-5-17(18)32-2)21(33)28-10-8-27(9-11-28)16-7-6-13(29(30)31)12-14(16)22/h3-7,12H,8-11H2,1-2H3. The Labute approximate surface area is 199 Å². The minimum atomic E-state index is -0.476. The van der Waals surface area contributed by atoms with Crippen molar-refractivity contribution in [2.24, 2.45) is 7.05 Å². The molecule has 0 saturated carbocycles. The molecule has 0 unspecified atom stereocenters. The molecule has 0 N–H and O–H groups in total. The van der Waals surface area contributed by atoms with Crippen molar-refractivity contribution in [1.82, 2.24) is 19.9 Å². The number of ether oxygens (including phenoxy) is 1. The third-order valence-corrected chi connectivity index (χ3v) is 6.27. The van der Waals surface area contributed by atoms with Gasteiger partial charge in [0.25, 0.3) is 5.69 Å². The van der Waals surface area contributed by atoms with Crippen LogP contribution in [0.4, 0.5) is 15.8 Å². The average molecular weight is 491 g/mol. The molecule has 172 valence electrons. The SMILES string of the molecule is COc1cccc(F)c1-c1nnn(C)c1C(=S)N1CCN(c2ccc([N+](=O)[O-])cc2Cl)CC1. The maximum Gasteiger partial charge on any atom is 0.271 e. The number of hydrogen-bond acceptors (Lipinski definition) is 7. The molecule has 2 heterocycles. The highest BCUT2D eigenvalue weighted by Gasteiger charge is 2.28. The third-order valence-electron chi connectivity index (χ3n) is 5.51. The van der Waals surface area contributed by atoms with E-state index in [9.17, 15) is 14.5 Å². The van der Waals surface area contributed by atoms with Crippen molar-refractivity contribution in [1.29, 1.82) is 0 Å². The number of rotatable bonds is 5. The molecule has 1 aliphatic rings. The number of thiocarbonyl (C=S) groups is 1. The van der Waals surface area contributed by atoms with Gasteiger partial charge in [-0.25, -0.2) is 9.07 Å². The Morgan fingerprint density at radius 2 is 1.97 bits per heavy atom. The van der Waals surface area contributed by atoms with Gasteiger partial charge in [-0.05, 0) is 18.2 Å². The highest BCUT2D eigenvalue weighted by atomic mass is 35.5. The lowest BCUT2D eigenvalue weighted by Crippen LogP contribution is -2.49. The van der Waals surface area contributed by atoms with Crippen molar-refractivity contribution in [3.05, 3.63) is 63.0 Å². The number of hydrogen-bond donors (Lipinski definition) is 0. The number of aromatic nitrogens is 3. The Morgan fingerprint density at radius 3 is 2.61 bits per heavy atom. The van der Waals surface area contributed by atoms with E-state index in [2.05, 4.69) is 10.3 Å². The van der Waals surface area contributed by atoms with E-state index in [1.165, 1.54) is 30.0 Å². The van der Waals surface area contributed by atoms with Gasteiger partial charge in [0, 0.05) is 45.4 Å². The van der Waals surface area contributed by atoms with Gasteiger partial charge in [-0.15, -0.1) is 5.10 Å². The van der Waals surface area contributed by atoms with Crippen molar-refractivity contribution >= 4 is 40.2 Å². The van der Waals surface area contributed by atoms with Crippen LogP contribution in [-0.2, 0) is 7.05 Å². The number of nitro groups is 1. The van der Waals surface area contributed by atoms with E-state index in [0.29, 0.717) is 53.3 Å². The number of methoxy groups -OCH3 is 1. The maximum absolute atomic E-state index is 14.7. The minimum Gasteiger partial charge on any atom is -0.496 e. The normalized spacial score (nSPS) is 13.8. The van der Waals surface area contributed by atoms with Gasteiger partial charge in [0.05, 0.1) is 28.3 Å². The van der Waals surface area contributed by atoms with Crippen LogP contribution in [0.5, 0.6) is 5.75 Å². The topological polar surface area (TPSA) is 89.6 Å². The summed E-state index contributed by atoms with van der Waals surface area (Å²) in [6, 6.07) is 9.01. The largest absolute Gasteiger partial charge is 0.496 e. The molecule has 9 nitrogen and oxygen atoms in total. The molecule has 3 aromatic rings. The van der Waals surface area contributed by atoms with Gasteiger partial charge in [0.2, 0.25) is 0 Å². The minimum absolute atomic E-state index is 0.0524. The van der Waals surface area contributed by atoms with Crippen LogP contribution in [0.2, 0.25) is 5.02 Å². The van der Waals surface area contributed by atoms with E-state index < -0.39 is 10.7 Å². The first-order chi connectivity index (χ1) is 15.8. The summed E-state index contributed by atoms with van der Waals surface area (Å²) >= 11 is 12.0. The van der Waals surface area contributed by atoms with Gasteiger partial charge in [0.15, 0.2) is 0 Å². The monoisotopic (exact) mass is 490 g/mol. The number of benzene rings is 2. The molecule has 0 spiro atoms. The fourth-order valence-electron chi connectivity index (χ4n) is 3.84. The first-order valence-corrected chi connectivity index (χ1v) is 10.8. The van der Waals surface area contributed by atoms with Gasteiger partial charge in [-0.1, -0.05) is 35.1 Å². The quantitative estimate of drug-likeness (QED) is 0.304. The van der Waals surface area contributed by atoms with Crippen LogP contribution in [0.25, 0.3) is 11.3 Å². The summed E-state index contributed by atoms with van der Waals surface area (Å²) in [6.07, 6.45) is 0. The van der Waals surface area contributed by atoms with Crippen LogP contribution < -0.4 is 9.64 Å². The lowest BCUT2D eigenvalue weighted by molar-refractivity contribution is -0.384. The summed E-state index contributed by atoms with van der Waals surface area (Å²) in [4.78, 5) is 15.0. The van der Waals surface area contributed by atoms with Gasteiger partial charge < -0.3 is 14.5 Å². The van der Waals surface area contributed by atoms with Crippen molar-refractivity contribution in [2.45, 2.75) is 0 Å². The Bertz CT molecular complexity index is 1230. The van der Waals surface area contributed by atoms with Crippen LogP contribution in [0.3, 0.4) is 0 Å². The van der Waals surface area contributed by atoms with Gasteiger partial charge in [-0.2, -0.15) is 0 Å². The van der Waals surface area contributed by atoms with Crippen LogP contribution >= 0.6 is 23.8 Å². The fourth-order valence-corrected chi connectivity index (χ4v) is 4.54. The van der Waals surface area contributed by atoms with E-state index in [1.54, 1.807) is 25.2 Å². The van der Waals surface area contributed by atoms with Gasteiger partial charge in [0.1, 0.15) is 27.9 Å². The van der Waals surface area contributed by atoms with Crippen LogP contribution in [0.1, 0.15) is 5.69 Å². The fraction of sp³-hybridized carbons (Fsp3) is 0.286.